The van der Waals surface area contributed by atoms with Gasteiger partial charge in [-0.25, -0.2) is 4.39 Å². The van der Waals surface area contributed by atoms with E-state index in [0.29, 0.717) is 22.1 Å². The van der Waals surface area contributed by atoms with Gasteiger partial charge < -0.3 is 10.3 Å². The van der Waals surface area contributed by atoms with Gasteiger partial charge in [0.2, 0.25) is 0 Å². The van der Waals surface area contributed by atoms with Crippen molar-refractivity contribution < 1.29 is 4.39 Å². The molecule has 0 aliphatic carbocycles. The number of nitrogens with zero attached hydrogens (tertiary/aromatic N) is 1. The lowest BCUT2D eigenvalue weighted by Gasteiger charge is -2.26. The van der Waals surface area contributed by atoms with Crippen LogP contribution in [0.5, 0.6) is 0 Å². The first-order valence-corrected chi connectivity index (χ1v) is 5.20. The second kappa shape index (κ2) is 4.75. The van der Waals surface area contributed by atoms with Crippen LogP contribution in [0.25, 0.3) is 0 Å². The van der Waals surface area contributed by atoms with Gasteiger partial charge >= 0.3 is 0 Å². The summed E-state index contributed by atoms with van der Waals surface area (Å²) in [6.07, 6.45) is -0.578. The Morgan fingerprint density at radius 3 is 2.71 bits per heavy atom. The third kappa shape index (κ3) is 2.45. The molecule has 0 radical (unpaired) electrons. The van der Waals surface area contributed by atoms with Crippen molar-refractivity contribution in [3.63, 3.8) is 0 Å². The van der Waals surface area contributed by atoms with Gasteiger partial charge in [-0.2, -0.15) is 0 Å². The summed E-state index contributed by atoms with van der Waals surface area (Å²) in [6, 6.07) is 4.96. The summed E-state index contributed by atoms with van der Waals surface area (Å²) in [5.41, 5.74) is 1.01. The highest BCUT2D eigenvalue weighted by molar-refractivity contribution is 9.10. The number of hydrogen-bond acceptors (Lipinski definition) is 2. The van der Waals surface area contributed by atoms with Gasteiger partial charge in [-0.1, -0.05) is 13.0 Å². The van der Waals surface area contributed by atoms with Crippen molar-refractivity contribution in [2.45, 2.75) is 19.5 Å². The zero-order valence-corrected chi connectivity index (χ0v) is 9.71. The molecule has 0 spiro atoms. The summed E-state index contributed by atoms with van der Waals surface area (Å²) in [7, 11) is 1.39. The molecule has 1 unspecified atom stereocenters. The molecule has 0 aliphatic heterocycles. The molecule has 0 amide bonds. The summed E-state index contributed by atoms with van der Waals surface area (Å²) in [5, 5.41) is 11.8. The lowest BCUT2D eigenvalue weighted by Crippen LogP contribution is -2.07. The van der Waals surface area contributed by atoms with E-state index in [-0.39, 0.29) is 0 Å². The molecule has 14 heavy (non-hydrogen) atoms. The minimum Gasteiger partial charge on any atom is -0.758 e. The third-order valence-corrected chi connectivity index (χ3v) is 2.70. The Bertz CT molecular complexity index is 317. The highest BCUT2D eigenvalue weighted by atomic mass is 79.9. The van der Waals surface area contributed by atoms with E-state index in [1.165, 1.54) is 7.05 Å². The van der Waals surface area contributed by atoms with Crippen LogP contribution in [-0.2, 0) is 0 Å². The van der Waals surface area contributed by atoms with Gasteiger partial charge in [0.15, 0.2) is 0 Å². The van der Waals surface area contributed by atoms with Crippen LogP contribution >= 0.6 is 15.9 Å². The number of halogens is 2. The second-order valence-corrected chi connectivity index (χ2v) is 3.94. The largest absolute Gasteiger partial charge is 0.758 e. The monoisotopic (exact) mass is 260 g/mol. The van der Waals surface area contributed by atoms with Crippen LogP contribution in [0.1, 0.15) is 25.1 Å². The summed E-state index contributed by atoms with van der Waals surface area (Å²) < 4.78 is 14.0. The maximum absolute atomic E-state index is 13.3. The Morgan fingerprint density at radius 1 is 1.57 bits per heavy atom. The van der Waals surface area contributed by atoms with Crippen LogP contribution in [0.15, 0.2) is 22.7 Å². The molecule has 0 saturated carbocycles. The van der Waals surface area contributed by atoms with Crippen molar-refractivity contribution in [1.82, 2.24) is 0 Å². The standard InChI is InChI=1S/C10H12BrFNO/c1-3-9(12)7-4-5-8(11)10(6-7)13(2)14/h4-6,9H,3H2,1-2H3/q-1. The molecule has 78 valence electrons. The van der Waals surface area contributed by atoms with Crippen molar-refractivity contribution in [2.24, 2.45) is 0 Å². The first-order chi connectivity index (χ1) is 6.56. The van der Waals surface area contributed by atoms with Crippen LogP contribution in [0.2, 0.25) is 0 Å². The molecule has 0 aliphatic rings. The molecule has 2 nitrogen and oxygen atoms in total. The minimum absolute atomic E-state index is 0.420. The van der Waals surface area contributed by atoms with Crippen LogP contribution < -0.4 is 5.06 Å². The Kier molecular flexibility index (Phi) is 3.89. The van der Waals surface area contributed by atoms with Crippen molar-refractivity contribution in [1.29, 1.82) is 0 Å². The maximum atomic E-state index is 13.3. The Labute approximate surface area is 91.4 Å². The van der Waals surface area contributed by atoms with Gasteiger partial charge in [0.25, 0.3) is 0 Å². The lowest BCUT2D eigenvalue weighted by atomic mass is 10.1. The van der Waals surface area contributed by atoms with E-state index in [2.05, 4.69) is 15.9 Å². The second-order valence-electron chi connectivity index (χ2n) is 3.08. The van der Waals surface area contributed by atoms with Crippen molar-refractivity contribution in [2.75, 3.05) is 12.1 Å². The van der Waals surface area contributed by atoms with Gasteiger partial charge in [-0.05, 0) is 47.1 Å². The molecule has 0 bridgehead atoms. The smallest absolute Gasteiger partial charge is 0.125 e. The van der Waals surface area contributed by atoms with Crippen LogP contribution in [0.3, 0.4) is 0 Å². The van der Waals surface area contributed by atoms with Crippen molar-refractivity contribution >= 4 is 21.6 Å². The van der Waals surface area contributed by atoms with Gasteiger partial charge in [-0.15, -0.1) is 0 Å². The number of hydroxylamine groups is 1. The third-order valence-electron chi connectivity index (χ3n) is 2.03. The van der Waals surface area contributed by atoms with Crippen LogP contribution in [0, 0.1) is 5.21 Å². The molecule has 1 atom stereocenters. The first kappa shape index (κ1) is 11.5. The molecule has 0 heterocycles. The Balaban J connectivity index is 3.06. The molecule has 0 aromatic heterocycles. The van der Waals surface area contributed by atoms with E-state index in [0.717, 1.165) is 5.06 Å². The van der Waals surface area contributed by atoms with Gasteiger partial charge in [-0.3, -0.25) is 0 Å². The number of benzene rings is 1. The molecular weight excluding hydrogens is 249 g/mol. The van der Waals surface area contributed by atoms with E-state index in [9.17, 15) is 9.60 Å². The van der Waals surface area contributed by atoms with Gasteiger partial charge in [0.1, 0.15) is 6.17 Å². The summed E-state index contributed by atoms with van der Waals surface area (Å²) in [5.74, 6) is 0. The van der Waals surface area contributed by atoms with E-state index in [4.69, 9.17) is 0 Å². The maximum Gasteiger partial charge on any atom is 0.125 e. The summed E-state index contributed by atoms with van der Waals surface area (Å²) in [4.78, 5) is 0. The summed E-state index contributed by atoms with van der Waals surface area (Å²) in [6.45, 7) is 1.77. The average Bonchev–Trinajstić information content (AvgIpc) is 2.17. The molecule has 0 N–H and O–H groups in total. The highest BCUT2D eigenvalue weighted by Crippen LogP contribution is 2.30. The zero-order chi connectivity index (χ0) is 10.7. The Hall–Kier alpha value is -0.610. The van der Waals surface area contributed by atoms with E-state index >= 15 is 0 Å². The number of alkyl halides is 1. The average molecular weight is 261 g/mol. The molecular formula is C10H12BrFNO-. The van der Waals surface area contributed by atoms with Gasteiger partial charge in [0.05, 0.1) is 0 Å². The Morgan fingerprint density at radius 2 is 2.21 bits per heavy atom. The molecule has 1 rings (SSSR count). The molecule has 1 aromatic carbocycles. The zero-order valence-electron chi connectivity index (χ0n) is 8.13. The van der Waals surface area contributed by atoms with Crippen molar-refractivity contribution in [3.05, 3.63) is 33.4 Å². The summed E-state index contributed by atoms with van der Waals surface area (Å²) >= 11 is 3.24. The minimum atomic E-state index is -0.998. The van der Waals surface area contributed by atoms with E-state index < -0.39 is 6.17 Å². The topological polar surface area (TPSA) is 26.3 Å². The quantitative estimate of drug-likeness (QED) is 0.773. The molecule has 0 saturated heterocycles. The fraction of sp³-hybridized carbons (Fsp3) is 0.400. The predicted octanol–water partition coefficient (Wildman–Crippen LogP) is 3.80. The molecule has 4 heteroatoms. The van der Waals surface area contributed by atoms with Crippen LogP contribution in [-0.4, -0.2) is 7.05 Å². The SMILES string of the molecule is CCC(F)c1ccc(Br)c(N(C)[O-])c1. The fourth-order valence-electron chi connectivity index (χ4n) is 1.20. The molecule has 1 aromatic rings. The number of hydrogen-bond donors (Lipinski definition) is 0. The number of rotatable bonds is 3. The van der Waals surface area contributed by atoms with Crippen molar-refractivity contribution in [3.8, 4) is 0 Å². The van der Waals surface area contributed by atoms with E-state index in [1.807, 2.05) is 0 Å². The fourth-order valence-corrected chi connectivity index (χ4v) is 1.70. The molecule has 0 fully saturated rings. The highest BCUT2D eigenvalue weighted by Gasteiger charge is 2.09. The van der Waals surface area contributed by atoms with Crippen LogP contribution in [0.4, 0.5) is 10.1 Å². The van der Waals surface area contributed by atoms with E-state index in [1.54, 1.807) is 25.1 Å². The predicted molar refractivity (Wildman–Crippen MR) is 60.1 cm³/mol. The lowest BCUT2D eigenvalue weighted by molar-refractivity contribution is 0.334. The normalized spacial score (nSPS) is 12.6. The van der Waals surface area contributed by atoms with Gasteiger partial charge in [0, 0.05) is 10.2 Å². The number of anilines is 1. The first-order valence-electron chi connectivity index (χ1n) is 4.40.